The van der Waals surface area contributed by atoms with Gasteiger partial charge in [0.1, 0.15) is 5.82 Å². The molecular formula is C22H21ClF4O. The third kappa shape index (κ3) is 5.07. The summed E-state index contributed by atoms with van der Waals surface area (Å²) >= 11 is 5.50. The first kappa shape index (κ1) is 20.7. The average molecular weight is 413 g/mol. The SMILES string of the molecule is CC1CCC(/C=C/c2ccc(OC(F)(F)c3ccc(Cl)c(F)c3)c(F)c2)CC1. The molecular weight excluding hydrogens is 392 g/mol. The Balaban J connectivity index is 1.70. The lowest BCUT2D eigenvalue weighted by molar-refractivity contribution is -0.187. The Bertz CT molecular complexity index is 858. The molecule has 3 rings (SSSR count). The van der Waals surface area contributed by atoms with Crippen LogP contribution >= 0.6 is 11.6 Å². The van der Waals surface area contributed by atoms with E-state index in [4.69, 9.17) is 11.6 Å². The second-order valence-electron chi connectivity index (χ2n) is 7.32. The highest BCUT2D eigenvalue weighted by Crippen LogP contribution is 2.35. The lowest BCUT2D eigenvalue weighted by atomic mass is 9.83. The third-order valence-corrected chi connectivity index (χ3v) is 5.38. The van der Waals surface area contributed by atoms with Crippen molar-refractivity contribution in [2.24, 2.45) is 11.8 Å². The van der Waals surface area contributed by atoms with Gasteiger partial charge in [-0.15, -0.1) is 0 Å². The Morgan fingerprint density at radius 2 is 1.71 bits per heavy atom. The first-order chi connectivity index (χ1) is 13.2. The smallest absolute Gasteiger partial charge is 0.426 e. The Morgan fingerprint density at radius 1 is 1.00 bits per heavy atom. The van der Waals surface area contributed by atoms with Crippen LogP contribution in [0.15, 0.2) is 42.5 Å². The van der Waals surface area contributed by atoms with Crippen molar-refractivity contribution < 1.29 is 22.3 Å². The predicted molar refractivity (Wildman–Crippen MR) is 102 cm³/mol. The monoisotopic (exact) mass is 412 g/mol. The fourth-order valence-corrected chi connectivity index (χ4v) is 3.42. The van der Waals surface area contributed by atoms with Crippen LogP contribution in [0.2, 0.25) is 5.02 Å². The maximum atomic E-state index is 14.3. The van der Waals surface area contributed by atoms with Crippen molar-refractivity contribution in [1.29, 1.82) is 0 Å². The van der Waals surface area contributed by atoms with Crippen LogP contribution in [0.25, 0.3) is 6.08 Å². The molecule has 1 saturated carbocycles. The summed E-state index contributed by atoms with van der Waals surface area (Å²) in [4.78, 5) is 0. The van der Waals surface area contributed by atoms with Crippen molar-refractivity contribution in [2.75, 3.05) is 0 Å². The highest BCUT2D eigenvalue weighted by atomic mass is 35.5. The molecule has 0 heterocycles. The van der Waals surface area contributed by atoms with E-state index in [1.807, 2.05) is 6.08 Å². The van der Waals surface area contributed by atoms with Gasteiger partial charge in [0, 0.05) is 0 Å². The molecule has 0 unspecified atom stereocenters. The van der Waals surface area contributed by atoms with Crippen molar-refractivity contribution in [3.05, 3.63) is 70.3 Å². The zero-order valence-electron chi connectivity index (χ0n) is 15.4. The molecule has 0 radical (unpaired) electrons. The largest absolute Gasteiger partial charge is 0.426 e. The van der Waals surface area contributed by atoms with E-state index in [2.05, 4.69) is 11.7 Å². The molecule has 0 bridgehead atoms. The highest BCUT2D eigenvalue weighted by Gasteiger charge is 2.36. The fourth-order valence-electron chi connectivity index (χ4n) is 3.30. The van der Waals surface area contributed by atoms with Gasteiger partial charge >= 0.3 is 6.11 Å². The van der Waals surface area contributed by atoms with Crippen molar-refractivity contribution in [3.8, 4) is 5.75 Å². The van der Waals surface area contributed by atoms with Gasteiger partial charge in [-0.25, -0.2) is 8.78 Å². The van der Waals surface area contributed by atoms with Crippen molar-refractivity contribution in [3.63, 3.8) is 0 Å². The van der Waals surface area contributed by atoms with Gasteiger partial charge < -0.3 is 4.74 Å². The molecule has 1 aliphatic rings. The summed E-state index contributed by atoms with van der Waals surface area (Å²) < 4.78 is 60.7. The number of halogens is 5. The Hall–Kier alpha value is -2.01. The zero-order valence-corrected chi connectivity index (χ0v) is 16.2. The Kier molecular flexibility index (Phi) is 6.33. The van der Waals surface area contributed by atoms with E-state index in [0.29, 0.717) is 17.5 Å². The minimum Gasteiger partial charge on any atom is -0.426 e. The zero-order chi connectivity index (χ0) is 20.3. The summed E-state index contributed by atoms with van der Waals surface area (Å²) in [6.07, 6.45) is 4.51. The van der Waals surface area contributed by atoms with Crippen LogP contribution in [0.3, 0.4) is 0 Å². The number of hydrogen-bond donors (Lipinski definition) is 0. The Morgan fingerprint density at radius 3 is 2.36 bits per heavy atom. The molecule has 6 heteroatoms. The molecule has 2 aromatic rings. The maximum Gasteiger partial charge on any atom is 0.426 e. The number of allylic oxidation sites excluding steroid dienone is 1. The van der Waals surface area contributed by atoms with Gasteiger partial charge in [-0.05, 0) is 60.6 Å². The standard InChI is InChI=1S/C22H21ClF4O/c1-14-2-4-15(5-3-14)6-7-16-8-11-21(20(25)12-16)28-22(26,27)17-9-10-18(23)19(24)13-17/h6-15H,2-5H2,1H3/b7-6+. The topological polar surface area (TPSA) is 9.23 Å². The van der Waals surface area contributed by atoms with Crippen LogP contribution in [-0.4, -0.2) is 0 Å². The van der Waals surface area contributed by atoms with Gasteiger partial charge in [0.25, 0.3) is 0 Å². The van der Waals surface area contributed by atoms with Crippen LogP contribution < -0.4 is 4.74 Å². The summed E-state index contributed by atoms with van der Waals surface area (Å²) in [7, 11) is 0. The van der Waals surface area contributed by atoms with Gasteiger partial charge in [-0.3, -0.25) is 0 Å². The lowest BCUT2D eigenvalue weighted by Crippen LogP contribution is -2.22. The fraction of sp³-hybridized carbons (Fsp3) is 0.364. The molecule has 0 N–H and O–H groups in total. The number of benzene rings is 2. The molecule has 0 aliphatic heterocycles. The van der Waals surface area contributed by atoms with Gasteiger partial charge in [0.15, 0.2) is 11.6 Å². The second kappa shape index (κ2) is 8.56. The van der Waals surface area contributed by atoms with Crippen LogP contribution in [0.4, 0.5) is 17.6 Å². The van der Waals surface area contributed by atoms with Crippen molar-refractivity contribution in [1.82, 2.24) is 0 Å². The maximum absolute atomic E-state index is 14.3. The van der Waals surface area contributed by atoms with Gasteiger partial charge in [0.2, 0.25) is 0 Å². The minimum absolute atomic E-state index is 0.283. The molecule has 28 heavy (non-hydrogen) atoms. The first-order valence-corrected chi connectivity index (χ1v) is 9.62. The number of hydrogen-bond acceptors (Lipinski definition) is 1. The molecule has 2 aromatic carbocycles. The summed E-state index contributed by atoms with van der Waals surface area (Å²) in [5, 5.41) is -0.283. The van der Waals surface area contributed by atoms with Crippen LogP contribution in [0.1, 0.15) is 43.7 Å². The number of rotatable bonds is 5. The van der Waals surface area contributed by atoms with Crippen LogP contribution in [0.5, 0.6) is 5.75 Å². The van der Waals surface area contributed by atoms with Crippen LogP contribution in [0, 0.1) is 23.5 Å². The third-order valence-electron chi connectivity index (χ3n) is 5.07. The lowest BCUT2D eigenvalue weighted by Gasteiger charge is -2.23. The van der Waals surface area contributed by atoms with Gasteiger partial charge in [-0.2, -0.15) is 8.78 Å². The predicted octanol–water partition coefficient (Wildman–Crippen LogP) is 7.59. The molecule has 0 spiro atoms. The molecule has 0 aromatic heterocycles. The number of alkyl halides is 2. The van der Waals surface area contributed by atoms with Crippen LogP contribution in [-0.2, 0) is 6.11 Å². The van der Waals surface area contributed by atoms with E-state index in [9.17, 15) is 17.6 Å². The normalized spacial score (nSPS) is 20.5. The summed E-state index contributed by atoms with van der Waals surface area (Å²) in [6.45, 7) is 2.24. The molecule has 1 fully saturated rings. The molecule has 150 valence electrons. The van der Waals surface area contributed by atoms with E-state index in [-0.39, 0.29) is 5.02 Å². The van der Waals surface area contributed by atoms with Crippen molar-refractivity contribution >= 4 is 17.7 Å². The van der Waals surface area contributed by atoms with Gasteiger partial charge in [-0.1, -0.05) is 49.6 Å². The highest BCUT2D eigenvalue weighted by molar-refractivity contribution is 6.30. The summed E-state index contributed by atoms with van der Waals surface area (Å²) in [6, 6.07) is 6.32. The summed E-state index contributed by atoms with van der Waals surface area (Å²) in [5.74, 6) is -1.31. The molecule has 1 nitrogen and oxygen atoms in total. The first-order valence-electron chi connectivity index (χ1n) is 9.24. The Labute approximate surface area is 167 Å². The van der Waals surface area contributed by atoms with E-state index in [1.54, 1.807) is 6.08 Å². The van der Waals surface area contributed by atoms with Gasteiger partial charge in [0.05, 0.1) is 10.6 Å². The van der Waals surface area contributed by atoms with E-state index in [0.717, 1.165) is 43.0 Å². The number of ether oxygens (including phenoxy) is 1. The van der Waals surface area contributed by atoms with E-state index < -0.39 is 29.1 Å². The second-order valence-corrected chi connectivity index (χ2v) is 7.72. The van der Waals surface area contributed by atoms with Crippen molar-refractivity contribution in [2.45, 2.75) is 38.7 Å². The van der Waals surface area contributed by atoms with E-state index >= 15 is 0 Å². The van der Waals surface area contributed by atoms with E-state index in [1.165, 1.54) is 18.9 Å². The summed E-state index contributed by atoms with van der Waals surface area (Å²) in [5.41, 5.74) is -0.173. The quantitative estimate of drug-likeness (QED) is 0.460. The molecule has 0 atom stereocenters. The minimum atomic E-state index is -3.90. The molecule has 0 saturated heterocycles. The molecule has 1 aliphatic carbocycles. The average Bonchev–Trinajstić information content (AvgIpc) is 2.65. The molecule has 0 amide bonds.